The van der Waals surface area contributed by atoms with Gasteiger partial charge in [0.15, 0.2) is 0 Å². The van der Waals surface area contributed by atoms with Crippen LogP contribution in [0.4, 0.5) is 0 Å². The van der Waals surface area contributed by atoms with E-state index in [1.54, 1.807) is 24.3 Å². The van der Waals surface area contributed by atoms with Gasteiger partial charge in [0, 0.05) is 46.5 Å². The molecule has 0 fully saturated rings. The van der Waals surface area contributed by atoms with Crippen molar-refractivity contribution in [2.75, 3.05) is 0 Å². The molecule has 0 amide bonds. The molecule has 0 unspecified atom stereocenters. The van der Waals surface area contributed by atoms with Crippen LogP contribution in [0.2, 0.25) is 0 Å². The molecule has 28 heavy (non-hydrogen) atoms. The maximum absolute atomic E-state index is 12.9. The maximum atomic E-state index is 12.9. The molecule has 5 nitrogen and oxygen atoms in total. The van der Waals surface area contributed by atoms with Crippen LogP contribution in [0.1, 0.15) is 23.0 Å². The Kier molecular flexibility index (Phi) is 3.77. The predicted octanol–water partition coefficient (Wildman–Crippen LogP) is 4.38. The minimum Gasteiger partial charge on any atom is -0.458 e. The minimum atomic E-state index is -0.765. The van der Waals surface area contributed by atoms with Gasteiger partial charge in [0.2, 0.25) is 5.78 Å². The van der Waals surface area contributed by atoms with Crippen LogP contribution in [0.15, 0.2) is 59.2 Å². The summed E-state index contributed by atoms with van der Waals surface area (Å²) in [6.45, 7) is 1.67. The molecule has 1 aliphatic heterocycles. The van der Waals surface area contributed by atoms with Crippen LogP contribution in [-0.4, -0.2) is 22.6 Å². The molecular weight excluding hydrogens is 374 g/mol. The number of ketones is 1. The summed E-state index contributed by atoms with van der Waals surface area (Å²) >= 11 is 1.70. The number of Topliss-reactive ketones (excluding diaryl/α,β-unsaturated/α-hetero) is 1. The minimum absolute atomic E-state index is 0.0450. The number of allylic oxidation sites excluding steroid dienone is 1. The number of ether oxygens (including phenoxy) is 2. The van der Waals surface area contributed by atoms with Crippen molar-refractivity contribution >= 4 is 34.0 Å². The molecule has 1 aromatic carbocycles. The van der Waals surface area contributed by atoms with Crippen molar-refractivity contribution in [3.05, 3.63) is 70.5 Å². The van der Waals surface area contributed by atoms with Crippen molar-refractivity contribution in [3.8, 4) is 10.4 Å². The van der Waals surface area contributed by atoms with Gasteiger partial charge >= 0.3 is 5.97 Å². The summed E-state index contributed by atoms with van der Waals surface area (Å²) in [7, 11) is 1.92. The number of aromatic nitrogens is 1. The van der Waals surface area contributed by atoms with E-state index in [2.05, 4.69) is 29.6 Å². The zero-order chi connectivity index (χ0) is 19.4. The van der Waals surface area contributed by atoms with Gasteiger partial charge < -0.3 is 14.0 Å². The third-order valence-corrected chi connectivity index (χ3v) is 6.18. The fraction of sp³-hybridized carbons (Fsp3) is 0.182. The first kappa shape index (κ1) is 17.0. The molecule has 0 radical (unpaired) electrons. The van der Waals surface area contributed by atoms with Crippen LogP contribution < -0.4 is 0 Å². The largest absolute Gasteiger partial charge is 0.458 e. The van der Waals surface area contributed by atoms with E-state index in [4.69, 9.17) is 9.47 Å². The summed E-state index contributed by atoms with van der Waals surface area (Å²) in [5.41, 5.74) is 4.99. The number of aryl methyl sites for hydroxylation is 1. The Morgan fingerprint density at radius 1 is 1.29 bits per heavy atom. The summed E-state index contributed by atoms with van der Waals surface area (Å²) in [6.07, 6.45) is 2.78. The van der Waals surface area contributed by atoms with Crippen LogP contribution in [0, 0.1) is 0 Å². The van der Waals surface area contributed by atoms with E-state index in [0.717, 1.165) is 22.0 Å². The standard InChI is InChI=1S/C22H17NO4S/c1-12-8-19(27-22(12)25)26-11-14-10-16-15-9-13(18-4-3-7-28-18)5-6-17(15)23(2)20(16)21(14)24/h3-9,11,19H,10H2,1-2H3/t19-/m1/s1. The van der Waals surface area contributed by atoms with Gasteiger partial charge in [-0.1, -0.05) is 12.1 Å². The third-order valence-electron chi connectivity index (χ3n) is 5.26. The van der Waals surface area contributed by atoms with Gasteiger partial charge in [-0.05, 0) is 41.6 Å². The molecule has 5 rings (SSSR count). The topological polar surface area (TPSA) is 57.5 Å². The van der Waals surface area contributed by atoms with Crippen LogP contribution in [-0.2, 0) is 27.7 Å². The number of rotatable bonds is 3. The van der Waals surface area contributed by atoms with Crippen molar-refractivity contribution in [1.29, 1.82) is 0 Å². The lowest BCUT2D eigenvalue weighted by atomic mass is 10.1. The summed E-state index contributed by atoms with van der Waals surface area (Å²) in [4.78, 5) is 25.6. The van der Waals surface area contributed by atoms with E-state index in [1.807, 2.05) is 17.7 Å². The van der Waals surface area contributed by atoms with Crippen LogP contribution >= 0.6 is 11.3 Å². The summed E-state index contributed by atoms with van der Waals surface area (Å²) in [5, 5.41) is 3.14. The number of nitrogens with zero attached hydrogens (tertiary/aromatic N) is 1. The highest BCUT2D eigenvalue weighted by Crippen LogP contribution is 2.37. The Labute approximate surface area is 165 Å². The van der Waals surface area contributed by atoms with Crippen molar-refractivity contribution in [3.63, 3.8) is 0 Å². The van der Waals surface area contributed by atoms with E-state index < -0.39 is 12.3 Å². The molecule has 2 aliphatic rings. The molecule has 140 valence electrons. The molecule has 0 bridgehead atoms. The highest BCUT2D eigenvalue weighted by atomic mass is 32.1. The van der Waals surface area contributed by atoms with Gasteiger partial charge in [0.1, 0.15) is 0 Å². The molecule has 0 spiro atoms. The average molecular weight is 391 g/mol. The van der Waals surface area contributed by atoms with Gasteiger partial charge in [-0.25, -0.2) is 4.79 Å². The number of thiophene rings is 1. The Hall–Kier alpha value is -3.12. The van der Waals surface area contributed by atoms with Gasteiger partial charge in [-0.15, -0.1) is 11.3 Å². The number of fused-ring (bicyclic) bond motifs is 3. The highest BCUT2D eigenvalue weighted by Gasteiger charge is 2.32. The molecule has 3 aromatic rings. The van der Waals surface area contributed by atoms with Crippen LogP contribution in [0.25, 0.3) is 21.3 Å². The number of carbonyl (C=O) groups excluding carboxylic acids is 2. The Morgan fingerprint density at radius 2 is 2.14 bits per heavy atom. The smallest absolute Gasteiger partial charge is 0.336 e. The second-order valence-corrected chi connectivity index (χ2v) is 7.95. The fourth-order valence-corrected chi connectivity index (χ4v) is 4.55. The highest BCUT2D eigenvalue weighted by molar-refractivity contribution is 7.13. The zero-order valence-electron chi connectivity index (χ0n) is 15.4. The lowest BCUT2D eigenvalue weighted by molar-refractivity contribution is -0.152. The molecule has 0 saturated carbocycles. The maximum Gasteiger partial charge on any atom is 0.336 e. The van der Waals surface area contributed by atoms with Gasteiger partial charge in [0.05, 0.1) is 12.0 Å². The van der Waals surface area contributed by atoms with Gasteiger partial charge in [0.25, 0.3) is 6.29 Å². The normalized spacial score (nSPS) is 20.0. The van der Waals surface area contributed by atoms with Gasteiger partial charge in [-0.3, -0.25) is 4.79 Å². The predicted molar refractivity (Wildman–Crippen MR) is 107 cm³/mol. The summed E-state index contributed by atoms with van der Waals surface area (Å²) in [6, 6.07) is 10.4. The lowest BCUT2D eigenvalue weighted by Crippen LogP contribution is -2.11. The molecule has 1 aliphatic carbocycles. The molecule has 1 atom stereocenters. The molecule has 0 saturated heterocycles. The van der Waals surface area contributed by atoms with E-state index in [0.29, 0.717) is 23.3 Å². The Morgan fingerprint density at radius 3 is 2.86 bits per heavy atom. The number of hydrogen-bond donors (Lipinski definition) is 0. The number of cyclic esters (lactones) is 1. The average Bonchev–Trinajstić information content (AvgIpc) is 3.43. The lowest BCUT2D eigenvalue weighted by Gasteiger charge is -2.08. The Balaban J connectivity index is 1.50. The molecule has 2 aromatic heterocycles. The Bertz CT molecular complexity index is 1200. The van der Waals surface area contributed by atoms with E-state index >= 15 is 0 Å². The first-order valence-electron chi connectivity index (χ1n) is 8.96. The number of benzene rings is 1. The monoisotopic (exact) mass is 391 g/mol. The quantitative estimate of drug-likeness (QED) is 0.378. The summed E-state index contributed by atoms with van der Waals surface area (Å²) < 4.78 is 12.5. The first-order chi connectivity index (χ1) is 13.5. The number of hydrogen-bond acceptors (Lipinski definition) is 5. The SMILES string of the molecule is CC1=C[C@H](OC=C2Cc3c(n(C)c4ccc(-c5cccs5)cc34)C2=O)OC1=O. The van der Waals surface area contributed by atoms with E-state index in [9.17, 15) is 9.59 Å². The van der Waals surface area contributed by atoms with Crippen molar-refractivity contribution in [2.45, 2.75) is 19.6 Å². The van der Waals surface area contributed by atoms with E-state index in [1.165, 1.54) is 11.1 Å². The van der Waals surface area contributed by atoms with E-state index in [-0.39, 0.29) is 5.78 Å². The molecule has 6 heteroatoms. The first-order valence-corrected chi connectivity index (χ1v) is 9.84. The number of carbonyl (C=O) groups is 2. The van der Waals surface area contributed by atoms with Crippen molar-refractivity contribution in [2.24, 2.45) is 7.05 Å². The molecule has 0 N–H and O–H groups in total. The second kappa shape index (κ2) is 6.21. The van der Waals surface area contributed by atoms with Crippen molar-refractivity contribution < 1.29 is 19.1 Å². The van der Waals surface area contributed by atoms with Gasteiger partial charge in [-0.2, -0.15) is 0 Å². The zero-order valence-corrected chi connectivity index (χ0v) is 16.2. The van der Waals surface area contributed by atoms with Crippen LogP contribution in [0.3, 0.4) is 0 Å². The number of esters is 1. The van der Waals surface area contributed by atoms with Crippen molar-refractivity contribution in [1.82, 2.24) is 4.57 Å². The fourth-order valence-electron chi connectivity index (χ4n) is 3.82. The third kappa shape index (κ3) is 2.52. The van der Waals surface area contributed by atoms with Crippen LogP contribution in [0.5, 0.6) is 0 Å². The molecular formula is C22H17NO4S. The molecule has 3 heterocycles. The summed E-state index contributed by atoms with van der Waals surface area (Å²) in [5.74, 6) is -0.437. The second-order valence-electron chi connectivity index (χ2n) is 7.00.